The third kappa shape index (κ3) is 6.69. The van der Waals surface area contributed by atoms with Crippen LogP contribution in [0.15, 0.2) is 24.3 Å². The molecule has 1 aliphatic rings. The number of carbonyl (C=O) groups is 2. The number of hydrogen-bond acceptors (Lipinski definition) is 8. The van der Waals surface area contributed by atoms with Crippen LogP contribution in [0.1, 0.15) is 39.3 Å². The molecule has 1 aromatic heterocycles. The summed E-state index contributed by atoms with van der Waals surface area (Å²) in [5.41, 5.74) is 12.6. The van der Waals surface area contributed by atoms with E-state index < -0.39 is 5.91 Å². The van der Waals surface area contributed by atoms with Crippen molar-refractivity contribution < 1.29 is 31.2 Å². The highest BCUT2D eigenvalue weighted by Gasteiger charge is 2.32. The Hall–Kier alpha value is -3.15. The second-order valence-electron chi connectivity index (χ2n) is 8.32. The van der Waals surface area contributed by atoms with Crippen LogP contribution in [0.4, 0.5) is 11.6 Å². The second kappa shape index (κ2) is 11.3. The largest absolute Gasteiger partial charge is 1.00 e. The summed E-state index contributed by atoms with van der Waals surface area (Å²) in [6.07, 6.45) is 1.79. The lowest BCUT2D eigenvalue weighted by molar-refractivity contribution is -0.927. The molecule has 1 amide bonds. The smallest absolute Gasteiger partial charge is 0.337 e. The summed E-state index contributed by atoms with van der Waals surface area (Å²) in [5, 5.41) is 13.5. The molecule has 0 saturated carbocycles. The fourth-order valence-electron chi connectivity index (χ4n) is 4.07. The molecule has 2 atom stereocenters. The summed E-state index contributed by atoms with van der Waals surface area (Å²) in [6.45, 7) is 2.41. The molecule has 2 heterocycles. The van der Waals surface area contributed by atoms with Gasteiger partial charge in [-0.05, 0) is 25.0 Å². The summed E-state index contributed by atoms with van der Waals surface area (Å²) in [7, 11) is 3.49. The molecule has 34 heavy (non-hydrogen) atoms. The zero-order valence-electron chi connectivity index (χ0n) is 18.9. The van der Waals surface area contributed by atoms with Crippen LogP contribution in [0.3, 0.4) is 0 Å². The number of rotatable bonds is 5. The number of hydrogen-bond donors (Lipinski definition) is 5. The molecule has 11 nitrogen and oxygen atoms in total. The van der Waals surface area contributed by atoms with Crippen molar-refractivity contribution in [1.29, 1.82) is 5.41 Å². The number of nitrogens with one attached hydrogen (secondary N) is 3. The first-order chi connectivity index (χ1) is 15.6. The maximum absolute atomic E-state index is 12.4. The zero-order valence-corrected chi connectivity index (χ0v) is 20.4. The normalized spacial score (nSPS) is 19.4. The number of anilines is 2. The number of likely N-dealkylation sites (tertiary alicyclic amines) is 1. The number of aromatic nitrogens is 2. The highest BCUT2D eigenvalue weighted by atomic mass is 35.5. The van der Waals surface area contributed by atoms with Crippen LogP contribution in [-0.4, -0.2) is 65.6 Å². The first kappa shape index (κ1) is 27.1. The van der Waals surface area contributed by atoms with Gasteiger partial charge in [0, 0.05) is 5.56 Å². The minimum absolute atomic E-state index is 0. The Bertz CT molecular complexity index is 1080. The molecule has 7 N–H and O–H groups in total. The molecule has 0 spiro atoms. The Morgan fingerprint density at radius 3 is 2.74 bits per heavy atom. The SMILES string of the molecule is COC(=O)c1cccc(C[N+]2(C)CCC[C@H](NC(=N)NC(=O)c3nc(Cl)c(N)nc3N)C2)c1.[Cl-]. The van der Waals surface area contributed by atoms with Crippen molar-refractivity contribution in [3.63, 3.8) is 0 Å². The summed E-state index contributed by atoms with van der Waals surface area (Å²) >= 11 is 5.82. The molecule has 1 saturated heterocycles. The molecule has 0 radical (unpaired) electrons. The van der Waals surface area contributed by atoms with Gasteiger partial charge in [0.1, 0.15) is 6.54 Å². The third-order valence-corrected chi connectivity index (χ3v) is 5.81. The van der Waals surface area contributed by atoms with Gasteiger partial charge < -0.3 is 38.4 Å². The maximum atomic E-state index is 12.4. The van der Waals surface area contributed by atoms with Crippen LogP contribution in [0, 0.1) is 5.41 Å². The lowest BCUT2D eigenvalue weighted by Gasteiger charge is -2.41. The Morgan fingerprint density at radius 2 is 2.03 bits per heavy atom. The molecule has 0 aliphatic carbocycles. The van der Waals surface area contributed by atoms with Crippen molar-refractivity contribution in [2.24, 2.45) is 0 Å². The third-order valence-electron chi connectivity index (χ3n) is 5.53. The van der Waals surface area contributed by atoms with Gasteiger partial charge in [-0.2, -0.15) is 0 Å². The minimum atomic E-state index is -0.702. The van der Waals surface area contributed by atoms with Crippen molar-refractivity contribution in [3.8, 4) is 0 Å². The molecule has 2 aromatic rings. The van der Waals surface area contributed by atoms with E-state index in [1.54, 1.807) is 6.07 Å². The van der Waals surface area contributed by atoms with Gasteiger partial charge in [-0.25, -0.2) is 14.8 Å². The van der Waals surface area contributed by atoms with E-state index in [0.29, 0.717) is 5.56 Å². The molecule has 13 heteroatoms. The van der Waals surface area contributed by atoms with Crippen molar-refractivity contribution in [1.82, 2.24) is 20.6 Å². The van der Waals surface area contributed by atoms with E-state index in [1.807, 2.05) is 18.2 Å². The first-order valence-corrected chi connectivity index (χ1v) is 10.7. The lowest BCUT2D eigenvalue weighted by atomic mass is 10.0. The van der Waals surface area contributed by atoms with E-state index in [9.17, 15) is 9.59 Å². The van der Waals surface area contributed by atoms with Gasteiger partial charge in [-0.1, -0.05) is 23.7 Å². The second-order valence-corrected chi connectivity index (χ2v) is 8.68. The molecule has 1 unspecified atom stereocenters. The number of nitrogens with two attached hydrogens (primary N) is 2. The molecular formula is C21H28Cl2N8O3. The number of methoxy groups -OCH3 is 1. The molecule has 1 aromatic carbocycles. The Labute approximate surface area is 208 Å². The summed E-state index contributed by atoms with van der Waals surface area (Å²) < 4.78 is 5.53. The Kier molecular flexibility index (Phi) is 9.02. The Balaban J connectivity index is 0.00000408. The van der Waals surface area contributed by atoms with E-state index in [1.165, 1.54) is 7.11 Å². The first-order valence-electron chi connectivity index (χ1n) is 10.4. The van der Waals surface area contributed by atoms with E-state index >= 15 is 0 Å². The zero-order chi connectivity index (χ0) is 24.2. The topological polar surface area (TPSA) is 169 Å². The van der Waals surface area contributed by atoms with Crippen molar-refractivity contribution in [2.75, 3.05) is 38.7 Å². The average molecular weight is 511 g/mol. The molecule has 1 aliphatic heterocycles. The highest BCUT2D eigenvalue weighted by molar-refractivity contribution is 6.31. The number of guanidine groups is 1. The maximum Gasteiger partial charge on any atom is 0.337 e. The number of likely N-dealkylation sites (N-methyl/N-ethyl adjacent to an activating group) is 1. The van der Waals surface area contributed by atoms with Crippen LogP contribution in [0.2, 0.25) is 5.15 Å². The molecule has 3 rings (SSSR count). The van der Waals surface area contributed by atoms with Crippen LogP contribution in [-0.2, 0) is 11.3 Å². The van der Waals surface area contributed by atoms with Crippen LogP contribution >= 0.6 is 11.6 Å². The molecule has 0 bridgehead atoms. The van der Waals surface area contributed by atoms with Crippen molar-refractivity contribution in [2.45, 2.75) is 25.4 Å². The van der Waals surface area contributed by atoms with E-state index in [2.05, 4.69) is 27.6 Å². The summed E-state index contributed by atoms with van der Waals surface area (Å²) in [6, 6.07) is 7.37. The number of benzene rings is 1. The van der Waals surface area contributed by atoms with Crippen LogP contribution in [0.5, 0.6) is 0 Å². The number of ether oxygens (including phenoxy) is 1. The molecular weight excluding hydrogens is 483 g/mol. The monoisotopic (exact) mass is 510 g/mol. The Morgan fingerprint density at radius 1 is 1.29 bits per heavy atom. The summed E-state index contributed by atoms with van der Waals surface area (Å²) in [4.78, 5) is 31.9. The number of amides is 1. The predicted octanol–water partition coefficient (Wildman–Crippen LogP) is -1.85. The molecule has 184 valence electrons. The van der Waals surface area contributed by atoms with Gasteiger partial charge in [-0.15, -0.1) is 0 Å². The quantitative estimate of drug-likeness (QED) is 0.135. The highest BCUT2D eigenvalue weighted by Crippen LogP contribution is 2.22. The fraction of sp³-hybridized carbons (Fsp3) is 0.381. The van der Waals surface area contributed by atoms with Crippen LogP contribution < -0.4 is 34.5 Å². The van der Waals surface area contributed by atoms with Gasteiger partial charge in [0.15, 0.2) is 28.4 Å². The van der Waals surface area contributed by atoms with Gasteiger partial charge >= 0.3 is 5.97 Å². The fourth-order valence-corrected chi connectivity index (χ4v) is 4.20. The molecule has 1 fully saturated rings. The number of quaternary nitrogens is 1. The van der Waals surface area contributed by atoms with Gasteiger partial charge in [0.25, 0.3) is 5.91 Å². The van der Waals surface area contributed by atoms with Crippen molar-refractivity contribution >= 4 is 41.1 Å². The van der Waals surface area contributed by atoms with Gasteiger partial charge in [0.2, 0.25) is 0 Å². The number of piperidine rings is 1. The van der Waals surface area contributed by atoms with Crippen LogP contribution in [0.25, 0.3) is 0 Å². The van der Waals surface area contributed by atoms with E-state index in [-0.39, 0.29) is 52.9 Å². The van der Waals surface area contributed by atoms with Crippen molar-refractivity contribution in [3.05, 3.63) is 46.2 Å². The predicted molar refractivity (Wildman–Crippen MR) is 125 cm³/mol. The summed E-state index contributed by atoms with van der Waals surface area (Å²) in [5.74, 6) is -1.48. The standard InChI is InChI=1S/C21H27ClN8O3.ClH/c1-30(10-12-5-3-6-13(9-12)20(32)33-2)8-4-7-14(11-30)26-21(25)29-19(31)15-17(23)28-18(24)16(22)27-15;/h3,5-6,9,14H,4,7-8,10-11H2,1-2H3,(H6-,23,24,25,26,28,29,31);1H/t14-,30?;/m0./s1. The van der Waals surface area contributed by atoms with Gasteiger partial charge in [-0.3, -0.25) is 15.5 Å². The van der Waals surface area contributed by atoms with E-state index in [4.69, 9.17) is 33.2 Å². The van der Waals surface area contributed by atoms with Gasteiger partial charge in [0.05, 0.1) is 38.9 Å². The number of esters is 1. The lowest BCUT2D eigenvalue weighted by Crippen LogP contribution is -3.00. The van der Waals surface area contributed by atoms with E-state index in [0.717, 1.165) is 42.5 Å². The number of halogens is 2. The average Bonchev–Trinajstić information content (AvgIpc) is 2.75. The number of nitrogen functional groups attached to an aromatic ring is 2. The number of carbonyl (C=O) groups excluding carboxylic acids is 2. The number of nitrogens with zero attached hydrogens (tertiary/aromatic N) is 3. The minimum Gasteiger partial charge on any atom is -1.00 e.